The van der Waals surface area contributed by atoms with Crippen molar-refractivity contribution in [1.29, 1.82) is 0 Å². The molecule has 0 fully saturated rings. The highest BCUT2D eigenvalue weighted by Gasteiger charge is 2.18. The van der Waals surface area contributed by atoms with E-state index in [-0.39, 0.29) is 29.8 Å². The van der Waals surface area contributed by atoms with Crippen molar-refractivity contribution in [2.45, 2.75) is 19.3 Å². The molecule has 3 aromatic rings. The standard InChI is InChI=1S/C24H22F2N4O3/c1-13(14-3-6-18(25)19(26)10-14)20-7-5-17(23(27)32)24(30-20)28-8-9-33-16-4-2-15-11-22(31)29-21(15)12-16/h2-7,10,12-13H,8-9,11H2,1H3,(H2,27,32)(H,28,30)(H,29,31)/t13-/m0/s1. The van der Waals surface area contributed by atoms with Crippen molar-refractivity contribution in [2.24, 2.45) is 5.73 Å². The van der Waals surface area contributed by atoms with Gasteiger partial charge in [0.25, 0.3) is 5.91 Å². The van der Waals surface area contributed by atoms with Crippen LogP contribution in [0.25, 0.3) is 0 Å². The molecular formula is C24H22F2N4O3. The highest BCUT2D eigenvalue weighted by atomic mass is 19.2. The van der Waals surface area contributed by atoms with Crippen LogP contribution in [0, 0.1) is 11.6 Å². The molecule has 1 aliphatic rings. The first-order valence-electron chi connectivity index (χ1n) is 10.4. The first-order valence-corrected chi connectivity index (χ1v) is 10.4. The smallest absolute Gasteiger partial charge is 0.252 e. The number of carbonyl (C=O) groups excluding carboxylic acids is 2. The monoisotopic (exact) mass is 452 g/mol. The predicted octanol–water partition coefficient (Wildman–Crippen LogP) is 3.60. The largest absolute Gasteiger partial charge is 0.492 e. The molecule has 0 aliphatic carbocycles. The number of hydrogen-bond acceptors (Lipinski definition) is 5. The Labute approximate surface area is 189 Å². The van der Waals surface area contributed by atoms with E-state index < -0.39 is 17.5 Å². The molecule has 0 spiro atoms. The van der Waals surface area contributed by atoms with Gasteiger partial charge in [0.2, 0.25) is 5.91 Å². The quantitative estimate of drug-likeness (QED) is 0.453. The number of ether oxygens (including phenoxy) is 1. The van der Waals surface area contributed by atoms with E-state index in [0.717, 1.165) is 23.4 Å². The number of pyridine rings is 1. The van der Waals surface area contributed by atoms with Gasteiger partial charge in [-0.3, -0.25) is 9.59 Å². The molecule has 0 saturated carbocycles. The predicted molar refractivity (Wildman–Crippen MR) is 119 cm³/mol. The van der Waals surface area contributed by atoms with E-state index in [2.05, 4.69) is 15.6 Å². The lowest BCUT2D eigenvalue weighted by atomic mass is 9.96. The van der Waals surface area contributed by atoms with E-state index in [9.17, 15) is 18.4 Å². The van der Waals surface area contributed by atoms with Gasteiger partial charge in [0.1, 0.15) is 18.2 Å². The number of nitrogens with two attached hydrogens (primary N) is 1. The Kier molecular flexibility index (Phi) is 6.21. The molecule has 170 valence electrons. The lowest BCUT2D eigenvalue weighted by molar-refractivity contribution is -0.115. The zero-order valence-electron chi connectivity index (χ0n) is 17.8. The molecule has 1 aliphatic heterocycles. The van der Waals surface area contributed by atoms with Gasteiger partial charge in [-0.25, -0.2) is 13.8 Å². The van der Waals surface area contributed by atoms with E-state index in [1.54, 1.807) is 31.2 Å². The van der Waals surface area contributed by atoms with Gasteiger partial charge in [0, 0.05) is 17.7 Å². The second-order valence-corrected chi connectivity index (χ2v) is 7.71. The van der Waals surface area contributed by atoms with Crippen LogP contribution in [0.2, 0.25) is 0 Å². The zero-order valence-corrected chi connectivity index (χ0v) is 17.8. The molecule has 0 unspecified atom stereocenters. The van der Waals surface area contributed by atoms with Crippen LogP contribution in [0.15, 0.2) is 48.5 Å². The molecule has 4 N–H and O–H groups in total. The maximum Gasteiger partial charge on any atom is 0.252 e. The molecular weight excluding hydrogens is 430 g/mol. The fourth-order valence-corrected chi connectivity index (χ4v) is 3.62. The number of carbonyl (C=O) groups is 2. The topological polar surface area (TPSA) is 106 Å². The minimum atomic E-state index is -0.935. The molecule has 7 nitrogen and oxygen atoms in total. The van der Waals surface area contributed by atoms with E-state index >= 15 is 0 Å². The number of nitrogens with one attached hydrogen (secondary N) is 2. The molecule has 2 amide bonds. The lowest BCUT2D eigenvalue weighted by Gasteiger charge is -2.16. The van der Waals surface area contributed by atoms with Gasteiger partial charge < -0.3 is 21.1 Å². The zero-order chi connectivity index (χ0) is 23.5. The Morgan fingerprint density at radius 2 is 2.00 bits per heavy atom. The van der Waals surface area contributed by atoms with Gasteiger partial charge in [-0.15, -0.1) is 0 Å². The van der Waals surface area contributed by atoms with Crippen molar-refractivity contribution >= 4 is 23.3 Å². The molecule has 9 heteroatoms. The lowest BCUT2D eigenvalue weighted by Crippen LogP contribution is -2.19. The molecule has 2 aromatic carbocycles. The highest BCUT2D eigenvalue weighted by molar-refractivity contribution is 5.99. The van der Waals surface area contributed by atoms with Crippen LogP contribution >= 0.6 is 0 Å². The average molecular weight is 452 g/mol. The maximum atomic E-state index is 13.6. The second kappa shape index (κ2) is 9.23. The number of amides is 2. The number of anilines is 2. The number of primary amides is 1. The Balaban J connectivity index is 1.44. The maximum absolute atomic E-state index is 13.6. The molecule has 2 heterocycles. The van der Waals surface area contributed by atoms with Gasteiger partial charge in [-0.2, -0.15) is 0 Å². The van der Waals surface area contributed by atoms with Crippen LogP contribution in [0.1, 0.15) is 40.0 Å². The fraction of sp³-hybridized carbons (Fsp3) is 0.208. The number of benzene rings is 2. The van der Waals surface area contributed by atoms with Crippen LogP contribution in [-0.4, -0.2) is 29.9 Å². The summed E-state index contributed by atoms with van der Waals surface area (Å²) in [6.45, 7) is 2.38. The molecule has 0 bridgehead atoms. The highest BCUT2D eigenvalue weighted by Crippen LogP contribution is 2.28. The van der Waals surface area contributed by atoms with E-state index in [4.69, 9.17) is 10.5 Å². The third-order valence-corrected chi connectivity index (χ3v) is 5.44. The number of nitrogens with zero attached hydrogens (tertiary/aromatic N) is 1. The number of halogens is 2. The second-order valence-electron chi connectivity index (χ2n) is 7.71. The van der Waals surface area contributed by atoms with Crippen LogP contribution in [0.5, 0.6) is 5.75 Å². The summed E-state index contributed by atoms with van der Waals surface area (Å²) in [6, 6.07) is 12.3. The van der Waals surface area contributed by atoms with Gasteiger partial charge in [-0.05, 0) is 41.5 Å². The Hall–Kier alpha value is -4.01. The summed E-state index contributed by atoms with van der Waals surface area (Å²) in [5.74, 6) is -2.02. The third-order valence-electron chi connectivity index (χ3n) is 5.44. The van der Waals surface area contributed by atoms with E-state index in [0.29, 0.717) is 30.0 Å². The van der Waals surface area contributed by atoms with Crippen LogP contribution in [-0.2, 0) is 11.2 Å². The van der Waals surface area contributed by atoms with Crippen LogP contribution in [0.4, 0.5) is 20.3 Å². The molecule has 4 rings (SSSR count). The van der Waals surface area contributed by atoms with E-state index in [1.165, 1.54) is 6.07 Å². The first kappa shape index (κ1) is 22.2. The molecule has 1 atom stereocenters. The summed E-state index contributed by atoms with van der Waals surface area (Å²) >= 11 is 0. The summed E-state index contributed by atoms with van der Waals surface area (Å²) in [5.41, 5.74) is 8.44. The summed E-state index contributed by atoms with van der Waals surface area (Å²) < 4.78 is 32.6. The number of aromatic nitrogens is 1. The summed E-state index contributed by atoms with van der Waals surface area (Å²) in [5, 5.41) is 5.82. The first-order chi connectivity index (χ1) is 15.8. The van der Waals surface area contributed by atoms with Gasteiger partial charge in [0.15, 0.2) is 11.6 Å². The molecule has 0 radical (unpaired) electrons. The fourth-order valence-electron chi connectivity index (χ4n) is 3.62. The van der Waals surface area contributed by atoms with Crippen molar-refractivity contribution in [2.75, 3.05) is 23.8 Å². The van der Waals surface area contributed by atoms with Gasteiger partial charge in [0.05, 0.1) is 24.2 Å². The van der Waals surface area contributed by atoms with Crippen molar-refractivity contribution in [3.8, 4) is 5.75 Å². The van der Waals surface area contributed by atoms with Gasteiger partial charge >= 0.3 is 0 Å². The Morgan fingerprint density at radius 3 is 2.76 bits per heavy atom. The Bertz CT molecular complexity index is 1230. The molecule has 1 aromatic heterocycles. The van der Waals surface area contributed by atoms with Crippen LogP contribution in [0.3, 0.4) is 0 Å². The van der Waals surface area contributed by atoms with Gasteiger partial charge in [-0.1, -0.05) is 19.1 Å². The van der Waals surface area contributed by atoms with Crippen molar-refractivity contribution in [3.05, 3.63) is 82.5 Å². The SMILES string of the molecule is C[C@@H](c1ccc(F)c(F)c1)c1ccc(C(N)=O)c(NCCOc2ccc3c(c2)NC(=O)C3)n1. The molecule has 33 heavy (non-hydrogen) atoms. The van der Waals surface area contributed by atoms with E-state index in [1.807, 2.05) is 6.07 Å². The van der Waals surface area contributed by atoms with Crippen molar-refractivity contribution in [3.63, 3.8) is 0 Å². The molecule has 0 saturated heterocycles. The number of hydrogen-bond donors (Lipinski definition) is 3. The van der Waals surface area contributed by atoms with Crippen molar-refractivity contribution in [1.82, 2.24) is 4.98 Å². The summed E-state index contributed by atoms with van der Waals surface area (Å²) in [7, 11) is 0. The number of rotatable bonds is 8. The number of fused-ring (bicyclic) bond motifs is 1. The minimum Gasteiger partial charge on any atom is -0.492 e. The summed E-state index contributed by atoms with van der Waals surface area (Å²) in [6.07, 6.45) is 0.359. The average Bonchev–Trinajstić information content (AvgIpc) is 3.17. The third kappa shape index (κ3) is 4.92. The van der Waals surface area contributed by atoms with Crippen LogP contribution < -0.4 is 21.1 Å². The Morgan fingerprint density at radius 1 is 1.18 bits per heavy atom. The summed E-state index contributed by atoms with van der Waals surface area (Å²) in [4.78, 5) is 27.8. The minimum absolute atomic E-state index is 0.0497. The normalized spacial score (nSPS) is 13.2. The van der Waals surface area contributed by atoms with Crippen molar-refractivity contribution < 1.29 is 23.1 Å².